The van der Waals surface area contributed by atoms with Crippen LogP contribution in [-0.2, 0) is 11.3 Å². The molecule has 0 saturated carbocycles. The summed E-state index contributed by atoms with van der Waals surface area (Å²) in [5, 5.41) is 3.28. The molecule has 1 heterocycles. The zero-order valence-corrected chi connectivity index (χ0v) is 15.2. The first kappa shape index (κ1) is 18.5. The van der Waals surface area contributed by atoms with E-state index in [2.05, 4.69) is 5.32 Å². The molecule has 0 bridgehead atoms. The number of carbonyl (C=O) groups excluding carboxylic acids is 2. The molecule has 1 N–H and O–H groups in total. The van der Waals surface area contributed by atoms with Crippen LogP contribution in [0.3, 0.4) is 0 Å². The van der Waals surface area contributed by atoms with Crippen molar-refractivity contribution in [3.05, 3.63) is 35.4 Å². The number of hydrogen-bond acceptors (Lipinski definition) is 3. The third-order valence-electron chi connectivity index (χ3n) is 4.68. The zero-order chi connectivity index (χ0) is 17.7. The van der Waals surface area contributed by atoms with Gasteiger partial charge in [-0.3, -0.25) is 9.59 Å². The molecule has 5 nitrogen and oxygen atoms in total. The Bertz CT molecular complexity index is 560. The Labute approximate surface area is 145 Å². The van der Waals surface area contributed by atoms with Crippen molar-refractivity contribution in [1.82, 2.24) is 15.1 Å². The predicted molar refractivity (Wildman–Crippen MR) is 95.7 cm³/mol. The summed E-state index contributed by atoms with van der Waals surface area (Å²) in [4.78, 5) is 28.2. The van der Waals surface area contributed by atoms with Crippen molar-refractivity contribution in [3.8, 4) is 0 Å². The van der Waals surface area contributed by atoms with E-state index in [9.17, 15) is 9.59 Å². The molecule has 1 saturated heterocycles. The summed E-state index contributed by atoms with van der Waals surface area (Å²) in [6.07, 6.45) is 2.00. The average Bonchev–Trinajstić information content (AvgIpc) is 2.61. The molecule has 5 heteroatoms. The van der Waals surface area contributed by atoms with Gasteiger partial charge in [0.05, 0.1) is 0 Å². The Morgan fingerprint density at radius 3 is 2.29 bits per heavy atom. The first-order valence-electron chi connectivity index (χ1n) is 8.72. The molecular formula is C19H29N3O2. The second kappa shape index (κ2) is 8.29. The minimum absolute atomic E-state index is 0.00334. The first-order valence-corrected chi connectivity index (χ1v) is 8.72. The monoisotopic (exact) mass is 331 g/mol. The second-order valence-corrected chi connectivity index (χ2v) is 6.90. The SMILES string of the molecule is CNC1CCN(C(=O)c2ccc(CN(C)C(=O)C(C)C)cc2)CC1. The molecule has 132 valence electrons. The molecular weight excluding hydrogens is 302 g/mol. The molecule has 24 heavy (non-hydrogen) atoms. The van der Waals surface area contributed by atoms with Gasteiger partial charge in [0.15, 0.2) is 0 Å². The quantitative estimate of drug-likeness (QED) is 0.899. The van der Waals surface area contributed by atoms with Crippen molar-refractivity contribution in [2.75, 3.05) is 27.2 Å². The van der Waals surface area contributed by atoms with Crippen molar-refractivity contribution in [1.29, 1.82) is 0 Å². The largest absolute Gasteiger partial charge is 0.341 e. The van der Waals surface area contributed by atoms with Crippen LogP contribution < -0.4 is 5.32 Å². The molecule has 1 aliphatic heterocycles. The number of amides is 2. The molecule has 1 fully saturated rings. The first-order chi connectivity index (χ1) is 11.4. The van der Waals surface area contributed by atoms with E-state index >= 15 is 0 Å². The van der Waals surface area contributed by atoms with Crippen molar-refractivity contribution in [2.45, 2.75) is 39.3 Å². The Balaban J connectivity index is 1.94. The Kier molecular flexibility index (Phi) is 6.37. The van der Waals surface area contributed by atoms with Crippen LogP contribution in [0, 0.1) is 5.92 Å². The van der Waals surface area contributed by atoms with Crippen LogP contribution in [0.1, 0.15) is 42.6 Å². The van der Waals surface area contributed by atoms with Gasteiger partial charge in [-0.15, -0.1) is 0 Å². The topological polar surface area (TPSA) is 52.7 Å². The number of nitrogens with zero attached hydrogens (tertiary/aromatic N) is 2. The van der Waals surface area contributed by atoms with Crippen molar-refractivity contribution >= 4 is 11.8 Å². The average molecular weight is 331 g/mol. The van der Waals surface area contributed by atoms with Gasteiger partial charge in [0.25, 0.3) is 5.91 Å². The van der Waals surface area contributed by atoms with Crippen LogP contribution in [0.2, 0.25) is 0 Å². The van der Waals surface area contributed by atoms with Crippen molar-refractivity contribution < 1.29 is 9.59 Å². The number of rotatable bonds is 5. The summed E-state index contributed by atoms with van der Waals surface area (Å²) in [5.74, 6) is 0.224. The van der Waals surface area contributed by atoms with Crippen LogP contribution in [0.25, 0.3) is 0 Å². The molecule has 0 aliphatic carbocycles. The lowest BCUT2D eigenvalue weighted by atomic mass is 10.0. The summed E-state index contributed by atoms with van der Waals surface area (Å²) >= 11 is 0. The number of carbonyl (C=O) groups is 2. The summed E-state index contributed by atoms with van der Waals surface area (Å²) in [6.45, 7) is 5.98. The molecule has 1 aromatic carbocycles. The highest BCUT2D eigenvalue weighted by molar-refractivity contribution is 5.94. The van der Waals surface area contributed by atoms with Gasteiger partial charge >= 0.3 is 0 Å². The normalized spacial score (nSPS) is 15.6. The van der Waals surface area contributed by atoms with E-state index in [1.807, 2.05) is 57.1 Å². The lowest BCUT2D eigenvalue weighted by molar-refractivity contribution is -0.133. The zero-order valence-electron chi connectivity index (χ0n) is 15.2. The second-order valence-electron chi connectivity index (χ2n) is 6.90. The van der Waals surface area contributed by atoms with Crippen molar-refractivity contribution in [2.24, 2.45) is 5.92 Å². The van der Waals surface area contributed by atoms with E-state index in [0.29, 0.717) is 12.6 Å². The fraction of sp³-hybridized carbons (Fsp3) is 0.579. The van der Waals surface area contributed by atoms with Gasteiger partial charge in [-0.1, -0.05) is 26.0 Å². The maximum atomic E-state index is 12.6. The minimum Gasteiger partial charge on any atom is -0.341 e. The van der Waals surface area contributed by atoms with E-state index in [0.717, 1.165) is 37.1 Å². The molecule has 2 amide bonds. The standard InChI is InChI=1S/C19H29N3O2/c1-14(2)18(23)21(4)13-15-5-7-16(8-6-15)19(24)22-11-9-17(20-3)10-12-22/h5-8,14,17,20H,9-13H2,1-4H3. The Morgan fingerprint density at radius 1 is 1.21 bits per heavy atom. The highest BCUT2D eigenvalue weighted by Crippen LogP contribution is 2.15. The van der Waals surface area contributed by atoms with E-state index in [4.69, 9.17) is 0 Å². The summed E-state index contributed by atoms with van der Waals surface area (Å²) in [7, 11) is 3.79. The summed E-state index contributed by atoms with van der Waals surface area (Å²) in [6, 6.07) is 8.14. The van der Waals surface area contributed by atoms with Crippen LogP contribution >= 0.6 is 0 Å². The number of benzene rings is 1. The van der Waals surface area contributed by atoms with E-state index in [1.54, 1.807) is 4.90 Å². The molecule has 0 atom stereocenters. The van der Waals surface area contributed by atoms with Crippen LogP contribution in [-0.4, -0.2) is 54.8 Å². The van der Waals surface area contributed by atoms with Gasteiger partial charge in [0, 0.05) is 44.2 Å². The number of nitrogens with one attached hydrogen (secondary N) is 1. The highest BCUT2D eigenvalue weighted by Gasteiger charge is 2.22. The van der Waals surface area contributed by atoms with Gasteiger partial charge in [0.2, 0.25) is 5.91 Å². The van der Waals surface area contributed by atoms with Crippen LogP contribution in [0.4, 0.5) is 0 Å². The molecule has 0 unspecified atom stereocenters. The number of hydrogen-bond donors (Lipinski definition) is 1. The molecule has 1 aliphatic rings. The lowest BCUT2D eigenvalue weighted by Crippen LogP contribution is -2.43. The van der Waals surface area contributed by atoms with Gasteiger partial charge in [0.1, 0.15) is 0 Å². The Morgan fingerprint density at radius 2 is 1.79 bits per heavy atom. The lowest BCUT2D eigenvalue weighted by Gasteiger charge is -2.31. The number of piperidine rings is 1. The van der Waals surface area contributed by atoms with E-state index < -0.39 is 0 Å². The maximum absolute atomic E-state index is 12.6. The molecule has 0 aromatic heterocycles. The smallest absolute Gasteiger partial charge is 0.253 e. The van der Waals surface area contributed by atoms with Gasteiger partial charge in [-0.25, -0.2) is 0 Å². The fourth-order valence-electron chi connectivity index (χ4n) is 3.10. The van der Waals surface area contributed by atoms with E-state index in [-0.39, 0.29) is 17.7 Å². The third kappa shape index (κ3) is 4.57. The van der Waals surface area contributed by atoms with E-state index in [1.165, 1.54) is 0 Å². The number of likely N-dealkylation sites (tertiary alicyclic amines) is 1. The summed E-state index contributed by atoms with van der Waals surface area (Å²) in [5.41, 5.74) is 1.76. The Hall–Kier alpha value is -1.88. The maximum Gasteiger partial charge on any atom is 0.253 e. The molecule has 1 aromatic rings. The molecule has 0 spiro atoms. The van der Waals surface area contributed by atoms with Crippen LogP contribution in [0.5, 0.6) is 0 Å². The third-order valence-corrected chi connectivity index (χ3v) is 4.68. The molecule has 0 radical (unpaired) electrons. The fourth-order valence-corrected chi connectivity index (χ4v) is 3.10. The highest BCUT2D eigenvalue weighted by atomic mass is 16.2. The van der Waals surface area contributed by atoms with Gasteiger partial charge in [-0.2, -0.15) is 0 Å². The predicted octanol–water partition coefficient (Wildman–Crippen LogP) is 2.12. The van der Waals surface area contributed by atoms with Crippen LogP contribution in [0.15, 0.2) is 24.3 Å². The van der Waals surface area contributed by atoms with Crippen molar-refractivity contribution in [3.63, 3.8) is 0 Å². The molecule has 2 rings (SSSR count). The minimum atomic E-state index is -0.00334. The summed E-state index contributed by atoms with van der Waals surface area (Å²) < 4.78 is 0. The van der Waals surface area contributed by atoms with Gasteiger partial charge in [-0.05, 0) is 37.6 Å². The van der Waals surface area contributed by atoms with Gasteiger partial charge < -0.3 is 15.1 Å².